The van der Waals surface area contributed by atoms with Crippen molar-refractivity contribution in [1.29, 1.82) is 0 Å². The summed E-state index contributed by atoms with van der Waals surface area (Å²) in [6.45, 7) is 0. The third kappa shape index (κ3) is 2.21. The number of hydrogen-bond acceptors (Lipinski definition) is 0. The Morgan fingerprint density at radius 3 is 2.10 bits per heavy atom. The fraction of sp³-hybridized carbons (Fsp3) is 0.647. The van der Waals surface area contributed by atoms with Crippen LogP contribution in [0.4, 0.5) is 0 Å². The fourth-order valence-corrected chi connectivity index (χ4v) is 6.96. The topological polar surface area (TPSA) is 0 Å². The van der Waals surface area contributed by atoms with Crippen LogP contribution in [0.2, 0.25) is 0 Å². The largest absolute Gasteiger partial charge is 0.117 e. The fourth-order valence-electron chi connectivity index (χ4n) is 5.53. The summed E-state index contributed by atoms with van der Waals surface area (Å²) in [5.41, 5.74) is 1.64. The summed E-state index contributed by atoms with van der Waals surface area (Å²) in [6.07, 6.45) is 8.48. The Morgan fingerprint density at radius 1 is 1.00 bits per heavy atom. The predicted molar refractivity (Wildman–Crippen MR) is 91.0 cm³/mol. The van der Waals surface area contributed by atoms with Gasteiger partial charge in [0.05, 0.1) is 5.38 Å². The highest BCUT2D eigenvalue weighted by molar-refractivity contribution is 9.11. The minimum atomic E-state index is 0.155. The summed E-state index contributed by atoms with van der Waals surface area (Å²) in [5, 5.41) is 0.155. The number of rotatable bonds is 2. The van der Waals surface area contributed by atoms with Gasteiger partial charge < -0.3 is 0 Å². The standard InChI is InChI=1S/C17H19Br2Cl/c18-13-1-2-15(19)14(6-13)16(20)17-7-10-3-11(8-17)5-12(4-10)9-17/h1-2,6,10-12,16H,3-5,7-9H2. The van der Waals surface area contributed by atoms with E-state index >= 15 is 0 Å². The van der Waals surface area contributed by atoms with Gasteiger partial charge in [0.15, 0.2) is 0 Å². The van der Waals surface area contributed by atoms with Crippen LogP contribution >= 0.6 is 43.5 Å². The van der Waals surface area contributed by atoms with Crippen LogP contribution in [0.15, 0.2) is 27.1 Å². The molecule has 4 fully saturated rings. The van der Waals surface area contributed by atoms with Gasteiger partial charge in [0.25, 0.3) is 0 Å². The summed E-state index contributed by atoms with van der Waals surface area (Å²) in [4.78, 5) is 0. The molecule has 5 rings (SSSR count). The first-order valence-corrected chi connectivity index (χ1v) is 9.67. The van der Waals surface area contributed by atoms with E-state index in [1.807, 2.05) is 0 Å². The molecule has 108 valence electrons. The second-order valence-corrected chi connectivity index (χ2v) is 9.51. The van der Waals surface area contributed by atoms with Crippen LogP contribution in [0.3, 0.4) is 0 Å². The number of benzene rings is 1. The SMILES string of the molecule is ClC(c1cc(Br)ccc1Br)C12CC3CC(CC(C3)C1)C2. The van der Waals surface area contributed by atoms with E-state index in [0.717, 1.165) is 26.7 Å². The van der Waals surface area contributed by atoms with Crippen molar-refractivity contribution in [1.82, 2.24) is 0 Å². The molecule has 4 saturated carbocycles. The van der Waals surface area contributed by atoms with E-state index in [-0.39, 0.29) is 5.38 Å². The number of hydrogen-bond donors (Lipinski definition) is 0. The lowest BCUT2D eigenvalue weighted by atomic mass is 9.48. The maximum absolute atomic E-state index is 7.05. The molecule has 20 heavy (non-hydrogen) atoms. The summed E-state index contributed by atoms with van der Waals surface area (Å²) < 4.78 is 2.29. The van der Waals surface area contributed by atoms with Gasteiger partial charge in [-0.05, 0) is 85.5 Å². The smallest absolute Gasteiger partial charge is 0.0653 e. The molecule has 0 aromatic heterocycles. The Kier molecular flexibility index (Phi) is 3.52. The minimum Gasteiger partial charge on any atom is -0.117 e. The monoisotopic (exact) mass is 416 g/mol. The van der Waals surface area contributed by atoms with E-state index < -0.39 is 0 Å². The zero-order chi connectivity index (χ0) is 13.9. The van der Waals surface area contributed by atoms with Crippen molar-refractivity contribution in [3.8, 4) is 0 Å². The van der Waals surface area contributed by atoms with Crippen LogP contribution in [0.25, 0.3) is 0 Å². The molecule has 0 N–H and O–H groups in total. The Hall–Kier alpha value is 0.470. The normalized spacial score (nSPS) is 40.0. The van der Waals surface area contributed by atoms with Gasteiger partial charge in [-0.2, -0.15) is 0 Å². The van der Waals surface area contributed by atoms with Gasteiger partial charge in [-0.15, -0.1) is 11.6 Å². The molecule has 3 heteroatoms. The van der Waals surface area contributed by atoms with Crippen LogP contribution in [-0.4, -0.2) is 0 Å². The Morgan fingerprint density at radius 2 is 1.55 bits per heavy atom. The van der Waals surface area contributed by atoms with Crippen LogP contribution in [0.5, 0.6) is 0 Å². The van der Waals surface area contributed by atoms with E-state index in [0.29, 0.717) is 5.41 Å². The van der Waals surface area contributed by atoms with Gasteiger partial charge in [0.1, 0.15) is 0 Å². The molecule has 1 atom stereocenters. The molecular weight excluding hydrogens is 399 g/mol. The first-order chi connectivity index (χ1) is 9.56. The first-order valence-electron chi connectivity index (χ1n) is 7.65. The van der Waals surface area contributed by atoms with Crippen molar-refractivity contribution in [2.24, 2.45) is 23.2 Å². The lowest BCUT2D eigenvalue weighted by Gasteiger charge is -2.58. The maximum Gasteiger partial charge on any atom is 0.0653 e. The average Bonchev–Trinajstić information content (AvgIpc) is 2.39. The molecule has 0 amide bonds. The first kappa shape index (κ1) is 14.1. The Bertz CT molecular complexity index is 505. The zero-order valence-corrected chi connectivity index (χ0v) is 15.3. The summed E-state index contributed by atoms with van der Waals surface area (Å²) in [7, 11) is 0. The lowest BCUT2D eigenvalue weighted by molar-refractivity contribution is -0.0553. The molecule has 0 nitrogen and oxygen atoms in total. The molecular formula is C17H19Br2Cl. The average molecular weight is 419 g/mol. The summed E-state index contributed by atoms with van der Waals surface area (Å²) >= 11 is 14.4. The molecule has 4 aliphatic carbocycles. The van der Waals surface area contributed by atoms with E-state index in [9.17, 15) is 0 Å². The van der Waals surface area contributed by atoms with Crippen molar-refractivity contribution >= 4 is 43.5 Å². The molecule has 0 heterocycles. The molecule has 0 radical (unpaired) electrons. The molecule has 1 aromatic carbocycles. The van der Waals surface area contributed by atoms with Gasteiger partial charge >= 0.3 is 0 Å². The second kappa shape index (κ2) is 4.99. The Balaban J connectivity index is 1.71. The highest BCUT2D eigenvalue weighted by Crippen LogP contribution is 2.65. The van der Waals surface area contributed by atoms with E-state index in [1.165, 1.54) is 44.1 Å². The van der Waals surface area contributed by atoms with Crippen LogP contribution < -0.4 is 0 Å². The quantitative estimate of drug-likeness (QED) is 0.468. The van der Waals surface area contributed by atoms with Gasteiger partial charge in [-0.1, -0.05) is 31.9 Å². The van der Waals surface area contributed by atoms with E-state index in [1.54, 1.807) is 0 Å². The third-order valence-electron chi connectivity index (χ3n) is 5.85. The maximum atomic E-state index is 7.05. The predicted octanol–water partition coefficient (Wildman–Crippen LogP) is 6.71. The Labute approximate surface area is 142 Å². The van der Waals surface area contributed by atoms with Gasteiger partial charge in [-0.3, -0.25) is 0 Å². The molecule has 0 spiro atoms. The van der Waals surface area contributed by atoms with Gasteiger partial charge in [-0.25, -0.2) is 0 Å². The van der Waals surface area contributed by atoms with Crippen molar-refractivity contribution in [3.05, 3.63) is 32.7 Å². The molecule has 1 aromatic rings. The molecule has 0 saturated heterocycles. The minimum absolute atomic E-state index is 0.155. The molecule has 4 aliphatic rings. The van der Waals surface area contributed by atoms with Gasteiger partial charge in [0, 0.05) is 8.95 Å². The molecule has 4 bridgehead atoms. The lowest BCUT2D eigenvalue weighted by Crippen LogP contribution is -2.47. The van der Waals surface area contributed by atoms with E-state index in [2.05, 4.69) is 50.1 Å². The van der Waals surface area contributed by atoms with Gasteiger partial charge in [0.2, 0.25) is 0 Å². The third-order valence-corrected chi connectivity index (χ3v) is 7.77. The number of halogens is 3. The zero-order valence-electron chi connectivity index (χ0n) is 11.4. The summed E-state index contributed by atoms with van der Waals surface area (Å²) in [6, 6.07) is 6.41. The van der Waals surface area contributed by atoms with Crippen molar-refractivity contribution < 1.29 is 0 Å². The van der Waals surface area contributed by atoms with Crippen LogP contribution in [0, 0.1) is 23.2 Å². The highest BCUT2D eigenvalue weighted by Gasteiger charge is 2.54. The van der Waals surface area contributed by atoms with Crippen LogP contribution in [-0.2, 0) is 0 Å². The second-order valence-electron chi connectivity index (χ2n) is 7.31. The molecule has 0 aliphatic heterocycles. The van der Waals surface area contributed by atoms with Crippen molar-refractivity contribution in [3.63, 3.8) is 0 Å². The van der Waals surface area contributed by atoms with Crippen molar-refractivity contribution in [2.75, 3.05) is 0 Å². The highest BCUT2D eigenvalue weighted by atomic mass is 79.9. The summed E-state index contributed by atoms with van der Waals surface area (Å²) in [5.74, 6) is 2.86. The molecule has 1 unspecified atom stereocenters. The van der Waals surface area contributed by atoms with Crippen LogP contribution in [0.1, 0.15) is 49.5 Å². The number of alkyl halides is 1. The van der Waals surface area contributed by atoms with Crippen molar-refractivity contribution in [2.45, 2.75) is 43.9 Å². The van der Waals surface area contributed by atoms with E-state index in [4.69, 9.17) is 11.6 Å².